The predicted octanol–water partition coefficient (Wildman–Crippen LogP) is 2.38. The van der Waals surface area contributed by atoms with Crippen molar-refractivity contribution in [1.82, 2.24) is 20.0 Å². The Morgan fingerprint density at radius 2 is 1.89 bits per heavy atom. The monoisotopic (exact) mass is 642 g/mol. The summed E-state index contributed by atoms with van der Waals surface area (Å²) in [7, 11) is -4.93. The third-order valence-electron chi connectivity index (χ3n) is 5.33. The van der Waals surface area contributed by atoms with Gasteiger partial charge in [0.2, 0.25) is 0 Å². The van der Waals surface area contributed by atoms with Gasteiger partial charge in [-0.2, -0.15) is 0 Å². The third kappa shape index (κ3) is 6.80. The maximum Gasteiger partial charge on any atom is 0.471 e. The fourth-order valence-electron chi connectivity index (χ4n) is 3.66. The third-order valence-corrected chi connectivity index (χ3v) is 7.32. The average molecular weight is 643 g/mol. The van der Waals surface area contributed by atoms with Crippen LogP contribution in [-0.4, -0.2) is 77.1 Å². The summed E-state index contributed by atoms with van der Waals surface area (Å²) in [5, 5.41) is 28.6. The summed E-state index contributed by atoms with van der Waals surface area (Å²) in [6.45, 7) is -1.55. The largest absolute Gasteiger partial charge is 0.471 e. The van der Waals surface area contributed by atoms with Crippen LogP contribution in [0.5, 0.6) is 0 Å². The van der Waals surface area contributed by atoms with Gasteiger partial charge in [-0.3, -0.25) is 9.51 Å². The van der Waals surface area contributed by atoms with Gasteiger partial charge in [-0.25, -0.2) is 22.4 Å². The van der Waals surface area contributed by atoms with E-state index in [2.05, 4.69) is 35.7 Å². The van der Waals surface area contributed by atoms with Crippen LogP contribution in [0.25, 0.3) is 11.3 Å². The number of ether oxygens (including phenoxy) is 2. The maximum atomic E-state index is 13.8. The number of rotatable bonds is 9. The lowest BCUT2D eigenvalue weighted by Crippen LogP contribution is -2.56. The molecule has 3 heterocycles. The SMILES string of the molecule is O=P(O)(O)OCO[C@@H]1[C@@H](n2cc(-c3cc(F)c(F)c(F)c3)nn2)[C@@H](O)[C@@H](CO)O[C@@H]1Sc1cncc(Br)c1. The summed E-state index contributed by atoms with van der Waals surface area (Å²) >= 11 is 4.35. The molecule has 3 aromatic rings. The Labute approximate surface area is 225 Å². The summed E-state index contributed by atoms with van der Waals surface area (Å²) in [4.78, 5) is 22.7. The first-order valence-electron chi connectivity index (χ1n) is 10.6. The van der Waals surface area contributed by atoms with Crippen LogP contribution in [-0.2, 0) is 18.6 Å². The zero-order valence-electron chi connectivity index (χ0n) is 18.8. The maximum absolute atomic E-state index is 13.8. The van der Waals surface area contributed by atoms with Gasteiger partial charge in [-0.05, 0) is 34.1 Å². The highest BCUT2D eigenvalue weighted by molar-refractivity contribution is 9.10. The van der Waals surface area contributed by atoms with Crippen LogP contribution in [0.2, 0.25) is 0 Å². The summed E-state index contributed by atoms with van der Waals surface area (Å²) < 4.78 is 69.6. The number of benzene rings is 1. The molecule has 1 fully saturated rings. The van der Waals surface area contributed by atoms with Gasteiger partial charge in [0.25, 0.3) is 0 Å². The average Bonchev–Trinajstić information content (AvgIpc) is 3.33. The molecule has 0 unspecified atom stereocenters. The standard InChI is InChI=1S/C20H19BrF3N4O8PS/c21-10-3-11(5-25-4-10)38-20-19(34-8-35-37(31,32)33)17(18(30)15(7-29)36-20)28-6-14(26-27-28)9-1-12(22)16(24)13(23)2-9/h1-6,15,17-20,29-30H,7-8H2,(H2,31,32,33)/t15-,17+,18+,19-,20-/m1/s1. The minimum Gasteiger partial charge on any atom is -0.394 e. The molecule has 0 radical (unpaired) electrons. The number of aliphatic hydroxyl groups excluding tert-OH is 2. The van der Waals surface area contributed by atoms with E-state index in [0.717, 1.165) is 16.4 Å². The molecule has 4 rings (SSSR count). The van der Waals surface area contributed by atoms with Crippen molar-refractivity contribution in [3.8, 4) is 11.3 Å². The van der Waals surface area contributed by atoms with Crippen molar-refractivity contribution in [2.45, 2.75) is 34.7 Å². The molecule has 0 aliphatic carbocycles. The van der Waals surface area contributed by atoms with E-state index >= 15 is 0 Å². The molecular weight excluding hydrogens is 624 g/mol. The molecule has 1 saturated heterocycles. The van der Waals surface area contributed by atoms with Crippen molar-refractivity contribution in [1.29, 1.82) is 0 Å². The van der Waals surface area contributed by atoms with Crippen molar-refractivity contribution >= 4 is 35.5 Å². The molecule has 12 nitrogen and oxygen atoms in total. The molecule has 0 amide bonds. The van der Waals surface area contributed by atoms with E-state index in [0.29, 0.717) is 21.5 Å². The fraction of sp³-hybridized carbons (Fsp3) is 0.350. The Balaban J connectivity index is 1.71. The highest BCUT2D eigenvalue weighted by Crippen LogP contribution is 2.41. The molecule has 206 valence electrons. The molecule has 1 aliphatic heterocycles. The lowest BCUT2D eigenvalue weighted by Gasteiger charge is -2.43. The van der Waals surface area contributed by atoms with Crippen molar-refractivity contribution in [3.05, 3.63) is 58.7 Å². The molecule has 0 saturated carbocycles. The van der Waals surface area contributed by atoms with E-state index in [9.17, 15) is 27.9 Å². The zero-order chi connectivity index (χ0) is 27.6. The Hall–Kier alpha value is -1.92. The van der Waals surface area contributed by atoms with Gasteiger partial charge in [0, 0.05) is 27.3 Å². The van der Waals surface area contributed by atoms with Crippen molar-refractivity contribution in [2.24, 2.45) is 0 Å². The Kier molecular flexibility index (Phi) is 9.24. The van der Waals surface area contributed by atoms with Gasteiger partial charge in [-0.1, -0.05) is 17.0 Å². The second-order valence-electron chi connectivity index (χ2n) is 7.87. The number of aromatic nitrogens is 4. The Morgan fingerprint density at radius 1 is 1.18 bits per heavy atom. The van der Waals surface area contributed by atoms with Gasteiger partial charge in [0.1, 0.15) is 35.5 Å². The minimum atomic E-state index is -4.93. The summed E-state index contributed by atoms with van der Waals surface area (Å²) in [6.07, 6.45) is 0.320. The zero-order valence-corrected chi connectivity index (χ0v) is 22.1. The number of halogens is 4. The number of pyridine rings is 1. The van der Waals surface area contributed by atoms with Crippen LogP contribution < -0.4 is 0 Å². The number of hydrogen-bond acceptors (Lipinski definition) is 10. The van der Waals surface area contributed by atoms with E-state index in [1.165, 1.54) is 18.6 Å². The molecule has 1 aliphatic rings. The van der Waals surface area contributed by atoms with Gasteiger partial charge < -0.3 is 29.5 Å². The number of hydrogen-bond donors (Lipinski definition) is 4. The molecule has 1 aromatic carbocycles. The Bertz CT molecular complexity index is 1310. The van der Waals surface area contributed by atoms with Crippen LogP contribution in [0.1, 0.15) is 6.04 Å². The molecule has 4 N–H and O–H groups in total. The highest BCUT2D eigenvalue weighted by atomic mass is 79.9. The second-order valence-corrected chi connectivity index (χ2v) is 11.2. The van der Waals surface area contributed by atoms with Crippen LogP contribution in [0.15, 0.2) is 46.2 Å². The van der Waals surface area contributed by atoms with Gasteiger partial charge in [0.05, 0.1) is 12.8 Å². The number of phosphoric acid groups is 1. The normalized spacial score (nSPS) is 24.1. The van der Waals surface area contributed by atoms with Gasteiger partial charge in [-0.15, -0.1) is 5.10 Å². The summed E-state index contributed by atoms with van der Waals surface area (Å²) in [5.74, 6) is -4.56. The van der Waals surface area contributed by atoms with Crippen LogP contribution in [0.4, 0.5) is 13.2 Å². The van der Waals surface area contributed by atoms with Crippen molar-refractivity contribution in [3.63, 3.8) is 0 Å². The molecule has 2 aromatic heterocycles. The molecule has 0 bridgehead atoms. The van der Waals surface area contributed by atoms with E-state index in [4.69, 9.17) is 19.3 Å². The lowest BCUT2D eigenvalue weighted by molar-refractivity contribution is -0.207. The summed E-state index contributed by atoms with van der Waals surface area (Å²) in [5.41, 5.74) is -1.26. The van der Waals surface area contributed by atoms with Crippen LogP contribution in [0.3, 0.4) is 0 Å². The van der Waals surface area contributed by atoms with E-state index < -0.39 is 68.5 Å². The number of nitrogens with zero attached hydrogens (tertiary/aromatic N) is 4. The second kappa shape index (κ2) is 12.1. The minimum absolute atomic E-state index is 0.0901. The summed E-state index contributed by atoms with van der Waals surface area (Å²) in [6, 6.07) is 1.91. The first kappa shape index (κ1) is 29.1. The van der Waals surface area contributed by atoms with Crippen LogP contribution in [0, 0.1) is 17.5 Å². The highest BCUT2D eigenvalue weighted by Gasteiger charge is 2.48. The van der Waals surface area contributed by atoms with E-state index in [-0.39, 0.29) is 11.3 Å². The topological polar surface area (TPSA) is 169 Å². The van der Waals surface area contributed by atoms with Gasteiger partial charge in [0.15, 0.2) is 24.2 Å². The van der Waals surface area contributed by atoms with Gasteiger partial charge >= 0.3 is 7.82 Å². The Morgan fingerprint density at radius 3 is 2.53 bits per heavy atom. The lowest BCUT2D eigenvalue weighted by atomic mass is 9.97. The van der Waals surface area contributed by atoms with Crippen molar-refractivity contribution < 1.29 is 51.7 Å². The van der Waals surface area contributed by atoms with E-state index in [1.807, 2.05) is 0 Å². The number of thioether (sulfide) groups is 1. The molecule has 0 spiro atoms. The smallest absolute Gasteiger partial charge is 0.394 e. The first-order valence-corrected chi connectivity index (χ1v) is 13.8. The quantitative estimate of drug-likeness (QED) is 0.153. The van der Waals surface area contributed by atoms with Crippen molar-refractivity contribution in [2.75, 3.05) is 13.4 Å². The fourth-order valence-corrected chi connectivity index (χ4v) is 5.53. The first-order chi connectivity index (χ1) is 18.0. The number of phosphoric ester groups is 1. The molecular formula is C20H19BrF3N4O8PS. The molecule has 18 heteroatoms. The predicted molar refractivity (Wildman–Crippen MR) is 127 cm³/mol. The number of aliphatic hydroxyl groups is 2. The van der Waals surface area contributed by atoms with E-state index in [1.54, 1.807) is 6.07 Å². The molecule has 38 heavy (non-hydrogen) atoms. The molecule has 5 atom stereocenters. The van der Waals surface area contributed by atoms with Crippen LogP contribution >= 0.6 is 35.5 Å².